The fraction of sp³-hybridized carbons (Fsp3) is 0.458. The summed E-state index contributed by atoms with van der Waals surface area (Å²) in [6.45, 7) is 6.49. The maximum atomic E-state index is 12.4. The van der Waals surface area contributed by atoms with Gasteiger partial charge in [-0.2, -0.15) is 0 Å². The van der Waals surface area contributed by atoms with E-state index in [4.69, 9.17) is 0 Å². The quantitative estimate of drug-likeness (QED) is 0.249. The van der Waals surface area contributed by atoms with Crippen LogP contribution in [-0.4, -0.2) is 47.1 Å². The van der Waals surface area contributed by atoms with Gasteiger partial charge in [0.1, 0.15) is 17.2 Å². The Kier molecular flexibility index (Phi) is 12.2. The lowest BCUT2D eigenvalue weighted by Crippen LogP contribution is -3.00. The van der Waals surface area contributed by atoms with Crippen molar-refractivity contribution in [1.29, 1.82) is 0 Å². The van der Waals surface area contributed by atoms with Gasteiger partial charge >= 0.3 is 0 Å². The number of benzene rings is 2. The second-order valence-corrected chi connectivity index (χ2v) is 8.55. The SMILES string of the molecule is CC[N+](C)(C)c1ccc(CCC(=O)Cc2ccc([N+](C)(C)CC)cc2)cc1.[I-].[I-]. The number of Topliss-reactive ketones (excluding diaryl/α,β-unsaturated/α-hetero) is 1. The highest BCUT2D eigenvalue weighted by Crippen LogP contribution is 2.21. The molecule has 2 aromatic carbocycles. The molecule has 0 aromatic heterocycles. The van der Waals surface area contributed by atoms with E-state index < -0.39 is 0 Å². The van der Waals surface area contributed by atoms with E-state index in [1.807, 2.05) is 0 Å². The number of hydrogen-bond acceptors (Lipinski definition) is 1. The normalized spacial score (nSPS) is 11.4. The van der Waals surface area contributed by atoms with E-state index in [-0.39, 0.29) is 48.0 Å². The molecule has 0 aliphatic rings. The Labute approximate surface area is 211 Å². The van der Waals surface area contributed by atoms with Crippen LogP contribution in [0.25, 0.3) is 0 Å². The largest absolute Gasteiger partial charge is 1.00 e. The van der Waals surface area contributed by atoms with Gasteiger partial charge in [-0.25, -0.2) is 0 Å². The van der Waals surface area contributed by atoms with E-state index in [1.165, 1.54) is 16.9 Å². The standard InChI is InChI=1S/C24H36N2O.2HI/c1-7-25(3,4)22-14-9-20(10-15-22)13-18-24(27)19-21-11-16-23(17-12-21)26(5,6)8-2;;/h9-12,14-17H,7-8,13,18-19H2,1-6H3;2*1H/q+2;;/p-2. The van der Waals surface area contributed by atoms with Gasteiger partial charge in [-0.1, -0.05) is 24.3 Å². The van der Waals surface area contributed by atoms with Crippen molar-refractivity contribution in [2.75, 3.05) is 41.3 Å². The highest BCUT2D eigenvalue weighted by Gasteiger charge is 2.17. The van der Waals surface area contributed by atoms with Gasteiger partial charge in [0.05, 0.1) is 41.3 Å². The van der Waals surface area contributed by atoms with Crippen molar-refractivity contribution in [3.05, 3.63) is 59.7 Å². The Bertz CT molecular complexity index is 753. The molecule has 0 fully saturated rings. The summed E-state index contributed by atoms with van der Waals surface area (Å²) in [4.78, 5) is 12.4. The van der Waals surface area contributed by atoms with E-state index in [1.54, 1.807) is 0 Å². The molecule has 2 aromatic rings. The summed E-state index contributed by atoms with van der Waals surface area (Å²) in [6.07, 6.45) is 1.94. The van der Waals surface area contributed by atoms with E-state index in [9.17, 15) is 4.79 Å². The topological polar surface area (TPSA) is 17.1 Å². The first-order valence-electron chi connectivity index (χ1n) is 10.0. The summed E-state index contributed by atoms with van der Waals surface area (Å²) in [5.74, 6) is 0.306. The minimum absolute atomic E-state index is 0. The number of halogens is 2. The first-order valence-corrected chi connectivity index (χ1v) is 10.0. The second-order valence-electron chi connectivity index (χ2n) is 8.55. The van der Waals surface area contributed by atoms with Crippen LogP contribution in [0, 0.1) is 0 Å². The minimum Gasteiger partial charge on any atom is -1.00 e. The molecule has 0 atom stereocenters. The number of aryl methyl sites for hydroxylation is 1. The molecule has 162 valence electrons. The third-order valence-corrected chi connectivity index (χ3v) is 5.95. The van der Waals surface area contributed by atoms with Crippen LogP contribution in [0.3, 0.4) is 0 Å². The Morgan fingerprint density at radius 2 is 1.07 bits per heavy atom. The first-order chi connectivity index (χ1) is 12.7. The van der Waals surface area contributed by atoms with Crippen molar-refractivity contribution in [3.63, 3.8) is 0 Å². The molecule has 29 heavy (non-hydrogen) atoms. The first kappa shape index (κ1) is 28.5. The number of nitrogens with zero attached hydrogens (tertiary/aromatic N) is 2. The van der Waals surface area contributed by atoms with Crippen LogP contribution < -0.4 is 56.9 Å². The van der Waals surface area contributed by atoms with Crippen LogP contribution >= 0.6 is 0 Å². The average molecular weight is 622 g/mol. The van der Waals surface area contributed by atoms with Crippen LogP contribution in [-0.2, 0) is 17.6 Å². The van der Waals surface area contributed by atoms with Gasteiger partial charge in [0.25, 0.3) is 0 Å². The minimum atomic E-state index is 0. The van der Waals surface area contributed by atoms with Gasteiger partial charge in [0.2, 0.25) is 0 Å². The summed E-state index contributed by atoms with van der Waals surface area (Å²) in [5.41, 5.74) is 4.93. The van der Waals surface area contributed by atoms with Crippen molar-refractivity contribution in [2.45, 2.75) is 33.1 Å². The fourth-order valence-electron chi connectivity index (χ4n) is 3.05. The Balaban J connectivity index is 0.00000392. The lowest BCUT2D eigenvalue weighted by atomic mass is 10.0. The third kappa shape index (κ3) is 8.26. The zero-order valence-electron chi connectivity index (χ0n) is 18.7. The van der Waals surface area contributed by atoms with E-state index in [2.05, 4.69) is 90.6 Å². The lowest BCUT2D eigenvalue weighted by Gasteiger charge is -2.27. The summed E-state index contributed by atoms with van der Waals surface area (Å²) in [7, 11) is 8.83. The van der Waals surface area contributed by atoms with Crippen LogP contribution in [0.5, 0.6) is 0 Å². The predicted octanol–water partition coefficient (Wildman–Crippen LogP) is -1.39. The Morgan fingerprint density at radius 1 is 0.690 bits per heavy atom. The van der Waals surface area contributed by atoms with Crippen molar-refractivity contribution in [3.8, 4) is 0 Å². The molecule has 0 saturated heterocycles. The molecule has 0 heterocycles. The molecule has 0 saturated carbocycles. The number of quaternary nitrogens is 2. The number of carbonyl (C=O) groups is 1. The van der Waals surface area contributed by atoms with E-state index in [0.717, 1.165) is 34.0 Å². The van der Waals surface area contributed by atoms with Crippen LogP contribution in [0.4, 0.5) is 11.4 Å². The van der Waals surface area contributed by atoms with Gasteiger partial charge < -0.3 is 48.0 Å². The lowest BCUT2D eigenvalue weighted by molar-refractivity contribution is -0.118. The van der Waals surface area contributed by atoms with E-state index in [0.29, 0.717) is 18.6 Å². The molecule has 5 heteroatoms. The molecule has 0 aliphatic carbocycles. The van der Waals surface area contributed by atoms with Gasteiger partial charge in [0.15, 0.2) is 0 Å². The van der Waals surface area contributed by atoms with E-state index >= 15 is 0 Å². The van der Waals surface area contributed by atoms with Crippen LogP contribution in [0.2, 0.25) is 0 Å². The maximum absolute atomic E-state index is 12.4. The zero-order valence-corrected chi connectivity index (χ0v) is 23.0. The Morgan fingerprint density at radius 3 is 1.45 bits per heavy atom. The molecule has 0 aliphatic heterocycles. The smallest absolute Gasteiger partial charge is 0.137 e. The van der Waals surface area contributed by atoms with Gasteiger partial charge in [-0.3, -0.25) is 13.8 Å². The van der Waals surface area contributed by atoms with Crippen molar-refractivity contribution in [1.82, 2.24) is 8.97 Å². The zero-order chi connectivity index (χ0) is 20.1. The van der Waals surface area contributed by atoms with Gasteiger partial charge in [-0.15, -0.1) is 0 Å². The Hall–Kier alpha value is -0.510. The molecule has 0 radical (unpaired) electrons. The van der Waals surface area contributed by atoms with Crippen LogP contribution in [0.15, 0.2) is 48.5 Å². The van der Waals surface area contributed by atoms with Gasteiger partial charge in [0, 0.05) is 12.8 Å². The highest BCUT2D eigenvalue weighted by molar-refractivity contribution is 5.81. The van der Waals surface area contributed by atoms with Crippen molar-refractivity contribution in [2.24, 2.45) is 0 Å². The number of ketones is 1. The average Bonchev–Trinajstić information content (AvgIpc) is 2.67. The molecule has 0 amide bonds. The molecule has 0 N–H and O–H groups in total. The fourth-order valence-corrected chi connectivity index (χ4v) is 3.05. The van der Waals surface area contributed by atoms with Crippen LogP contribution in [0.1, 0.15) is 31.4 Å². The molecule has 2 rings (SSSR count). The van der Waals surface area contributed by atoms with Crippen molar-refractivity contribution < 1.29 is 52.7 Å². The number of rotatable bonds is 9. The summed E-state index contributed by atoms with van der Waals surface area (Å²) in [6, 6.07) is 17.2. The molecule has 0 spiro atoms. The summed E-state index contributed by atoms with van der Waals surface area (Å²) in [5, 5.41) is 0. The molecular weight excluding hydrogens is 586 g/mol. The summed E-state index contributed by atoms with van der Waals surface area (Å²) < 4.78 is 1.74. The maximum Gasteiger partial charge on any atom is 0.137 e. The predicted molar refractivity (Wildman–Crippen MR) is 118 cm³/mol. The molecule has 0 unspecified atom stereocenters. The monoisotopic (exact) mass is 622 g/mol. The molecule has 3 nitrogen and oxygen atoms in total. The number of hydrogen-bond donors (Lipinski definition) is 0. The summed E-state index contributed by atoms with van der Waals surface area (Å²) >= 11 is 0. The van der Waals surface area contributed by atoms with Gasteiger partial charge in [-0.05, 0) is 55.7 Å². The highest BCUT2D eigenvalue weighted by atomic mass is 127. The third-order valence-electron chi connectivity index (χ3n) is 5.95. The molecular formula is C24H36I2N2O. The molecule has 0 bridgehead atoms. The number of carbonyl (C=O) groups excluding carboxylic acids is 1. The van der Waals surface area contributed by atoms with Crippen molar-refractivity contribution >= 4 is 17.2 Å². The second kappa shape index (κ2) is 12.4.